The van der Waals surface area contributed by atoms with Crippen LogP contribution in [0.15, 0.2) is 30.3 Å². The van der Waals surface area contributed by atoms with Gasteiger partial charge < -0.3 is 10.6 Å². The van der Waals surface area contributed by atoms with Crippen molar-refractivity contribution in [2.45, 2.75) is 25.8 Å². The molecule has 116 valence electrons. The van der Waals surface area contributed by atoms with Crippen LogP contribution in [-0.2, 0) is 0 Å². The zero-order valence-corrected chi connectivity index (χ0v) is 12.6. The van der Waals surface area contributed by atoms with Crippen LogP contribution in [0.5, 0.6) is 0 Å². The van der Waals surface area contributed by atoms with Gasteiger partial charge in [-0.15, -0.1) is 0 Å². The number of hydrogen-bond acceptors (Lipinski definition) is 5. The van der Waals surface area contributed by atoms with E-state index in [1.54, 1.807) is 12.1 Å². The molecule has 0 saturated carbocycles. The first kappa shape index (κ1) is 14.7. The summed E-state index contributed by atoms with van der Waals surface area (Å²) in [6.45, 7) is 4.32. The summed E-state index contributed by atoms with van der Waals surface area (Å²) >= 11 is 0. The molecule has 0 aliphatic carbocycles. The van der Waals surface area contributed by atoms with Crippen molar-refractivity contribution in [1.29, 1.82) is 0 Å². The van der Waals surface area contributed by atoms with Crippen LogP contribution in [0, 0.1) is 16.0 Å². The van der Waals surface area contributed by atoms with Crippen LogP contribution in [0.3, 0.4) is 0 Å². The molecule has 3 rings (SSSR count). The number of nitrogens with one attached hydrogen (secondary N) is 2. The summed E-state index contributed by atoms with van der Waals surface area (Å²) in [6, 6.07) is 8.86. The average Bonchev–Trinajstić information content (AvgIpc) is 2.55. The molecule has 0 amide bonds. The fourth-order valence-corrected chi connectivity index (χ4v) is 2.96. The van der Waals surface area contributed by atoms with Crippen molar-refractivity contribution in [3.63, 3.8) is 0 Å². The van der Waals surface area contributed by atoms with Crippen LogP contribution < -0.4 is 10.6 Å². The standard InChI is InChI=1S/C16H20N4O2/c1-11(13-3-2-8-17-10-13)18-16-7-4-12-9-14(20(21)22)5-6-15(12)19-16/h4-7,9,11,13,17H,2-3,8,10H2,1H3,(H,18,19). The maximum atomic E-state index is 10.8. The maximum Gasteiger partial charge on any atom is 0.270 e. The van der Waals surface area contributed by atoms with Gasteiger partial charge in [-0.2, -0.15) is 0 Å². The topological polar surface area (TPSA) is 80.1 Å². The van der Waals surface area contributed by atoms with E-state index in [1.807, 2.05) is 12.1 Å². The van der Waals surface area contributed by atoms with Gasteiger partial charge in [0.15, 0.2) is 0 Å². The molecule has 6 nitrogen and oxygen atoms in total. The second-order valence-corrected chi connectivity index (χ2v) is 5.87. The summed E-state index contributed by atoms with van der Waals surface area (Å²) in [5, 5.41) is 18.5. The van der Waals surface area contributed by atoms with Crippen molar-refractivity contribution in [3.05, 3.63) is 40.4 Å². The van der Waals surface area contributed by atoms with E-state index >= 15 is 0 Å². The van der Waals surface area contributed by atoms with Gasteiger partial charge in [0, 0.05) is 23.6 Å². The SMILES string of the molecule is CC(Nc1ccc2cc([N+](=O)[O-])ccc2n1)C1CCCNC1. The van der Waals surface area contributed by atoms with Crippen molar-refractivity contribution in [3.8, 4) is 0 Å². The predicted octanol–water partition coefficient (Wildman–Crippen LogP) is 2.94. The zero-order chi connectivity index (χ0) is 15.5. The van der Waals surface area contributed by atoms with E-state index in [9.17, 15) is 10.1 Å². The number of nitro benzene ring substituents is 1. The summed E-state index contributed by atoms with van der Waals surface area (Å²) in [5.41, 5.74) is 0.862. The summed E-state index contributed by atoms with van der Waals surface area (Å²) in [7, 11) is 0. The van der Waals surface area contributed by atoms with Crippen LogP contribution in [0.2, 0.25) is 0 Å². The third-order valence-corrected chi connectivity index (χ3v) is 4.30. The molecule has 2 N–H and O–H groups in total. The number of pyridine rings is 1. The van der Waals surface area contributed by atoms with Gasteiger partial charge in [-0.05, 0) is 57.0 Å². The predicted molar refractivity (Wildman–Crippen MR) is 87.1 cm³/mol. The van der Waals surface area contributed by atoms with Gasteiger partial charge in [0.1, 0.15) is 5.82 Å². The largest absolute Gasteiger partial charge is 0.367 e. The fourth-order valence-electron chi connectivity index (χ4n) is 2.96. The Morgan fingerprint density at radius 3 is 3.00 bits per heavy atom. The molecule has 2 aromatic rings. The highest BCUT2D eigenvalue weighted by Gasteiger charge is 2.20. The number of benzene rings is 1. The average molecular weight is 300 g/mol. The molecule has 6 heteroatoms. The molecular formula is C16H20N4O2. The number of nitrogens with zero attached hydrogens (tertiary/aromatic N) is 2. The van der Waals surface area contributed by atoms with Crippen molar-refractivity contribution in [1.82, 2.24) is 10.3 Å². The lowest BCUT2D eigenvalue weighted by molar-refractivity contribution is -0.384. The summed E-state index contributed by atoms with van der Waals surface area (Å²) in [5.74, 6) is 1.42. The van der Waals surface area contributed by atoms with E-state index in [0.29, 0.717) is 12.0 Å². The number of nitro groups is 1. The molecule has 1 fully saturated rings. The van der Waals surface area contributed by atoms with Gasteiger partial charge >= 0.3 is 0 Å². The van der Waals surface area contributed by atoms with E-state index in [4.69, 9.17) is 0 Å². The van der Waals surface area contributed by atoms with Crippen LogP contribution >= 0.6 is 0 Å². The lowest BCUT2D eigenvalue weighted by atomic mass is 9.93. The van der Waals surface area contributed by atoms with Crippen molar-refractivity contribution >= 4 is 22.4 Å². The minimum Gasteiger partial charge on any atom is -0.367 e. The number of anilines is 1. The molecule has 0 radical (unpaired) electrons. The minimum absolute atomic E-state index is 0.0941. The molecule has 1 aromatic carbocycles. The Morgan fingerprint density at radius 1 is 1.41 bits per heavy atom. The summed E-state index contributed by atoms with van der Waals surface area (Å²) < 4.78 is 0. The molecule has 0 spiro atoms. The molecule has 1 aromatic heterocycles. The third-order valence-electron chi connectivity index (χ3n) is 4.30. The quantitative estimate of drug-likeness (QED) is 0.670. The number of rotatable bonds is 4. The first-order chi connectivity index (χ1) is 10.6. The first-order valence-corrected chi connectivity index (χ1v) is 7.66. The minimum atomic E-state index is -0.385. The molecular weight excluding hydrogens is 280 g/mol. The van der Waals surface area contributed by atoms with E-state index in [0.717, 1.165) is 29.8 Å². The number of hydrogen-bond donors (Lipinski definition) is 2. The zero-order valence-electron chi connectivity index (χ0n) is 12.6. The highest BCUT2D eigenvalue weighted by molar-refractivity contribution is 5.82. The summed E-state index contributed by atoms with van der Waals surface area (Å²) in [4.78, 5) is 15.0. The van der Waals surface area contributed by atoms with Crippen LogP contribution in [0.1, 0.15) is 19.8 Å². The lowest BCUT2D eigenvalue weighted by Gasteiger charge is -2.29. The summed E-state index contributed by atoms with van der Waals surface area (Å²) in [6.07, 6.45) is 2.44. The second-order valence-electron chi connectivity index (χ2n) is 5.87. The van der Waals surface area contributed by atoms with Crippen molar-refractivity contribution in [2.24, 2.45) is 5.92 Å². The highest BCUT2D eigenvalue weighted by atomic mass is 16.6. The fraction of sp³-hybridized carbons (Fsp3) is 0.438. The van der Waals surface area contributed by atoms with Gasteiger partial charge in [-0.1, -0.05) is 0 Å². The highest BCUT2D eigenvalue weighted by Crippen LogP contribution is 2.23. The Balaban J connectivity index is 1.76. The van der Waals surface area contributed by atoms with Crippen LogP contribution in [-0.4, -0.2) is 29.0 Å². The van der Waals surface area contributed by atoms with Crippen LogP contribution in [0.25, 0.3) is 10.9 Å². The lowest BCUT2D eigenvalue weighted by Crippen LogP contribution is -2.38. The van der Waals surface area contributed by atoms with Crippen molar-refractivity contribution in [2.75, 3.05) is 18.4 Å². The molecule has 1 saturated heterocycles. The van der Waals surface area contributed by atoms with Crippen LogP contribution in [0.4, 0.5) is 11.5 Å². The Labute approximate surface area is 129 Å². The van der Waals surface area contributed by atoms with E-state index in [2.05, 4.69) is 22.5 Å². The molecule has 2 unspecified atom stereocenters. The number of aromatic nitrogens is 1. The molecule has 22 heavy (non-hydrogen) atoms. The normalized spacial score (nSPS) is 19.8. The van der Waals surface area contributed by atoms with E-state index in [1.165, 1.54) is 18.9 Å². The molecule has 0 bridgehead atoms. The number of piperidine rings is 1. The molecule has 1 aliphatic heterocycles. The maximum absolute atomic E-state index is 10.8. The Morgan fingerprint density at radius 2 is 2.27 bits per heavy atom. The molecule has 2 atom stereocenters. The Kier molecular flexibility index (Phi) is 4.20. The number of fused-ring (bicyclic) bond motifs is 1. The van der Waals surface area contributed by atoms with Gasteiger partial charge in [-0.25, -0.2) is 4.98 Å². The number of non-ortho nitro benzene ring substituents is 1. The van der Waals surface area contributed by atoms with Crippen molar-refractivity contribution < 1.29 is 4.92 Å². The Bertz CT molecular complexity index is 683. The molecule has 1 aliphatic rings. The Hall–Kier alpha value is -2.21. The van der Waals surface area contributed by atoms with Gasteiger partial charge in [0.05, 0.1) is 10.4 Å². The monoisotopic (exact) mass is 300 g/mol. The van der Waals surface area contributed by atoms with E-state index in [-0.39, 0.29) is 10.6 Å². The van der Waals surface area contributed by atoms with Gasteiger partial charge in [-0.3, -0.25) is 10.1 Å². The second kappa shape index (κ2) is 6.27. The smallest absolute Gasteiger partial charge is 0.270 e. The van der Waals surface area contributed by atoms with Gasteiger partial charge in [0.2, 0.25) is 0 Å². The molecule has 2 heterocycles. The first-order valence-electron chi connectivity index (χ1n) is 7.66. The van der Waals surface area contributed by atoms with E-state index < -0.39 is 0 Å². The third kappa shape index (κ3) is 3.17. The van der Waals surface area contributed by atoms with Gasteiger partial charge in [0.25, 0.3) is 5.69 Å².